The quantitative estimate of drug-likeness (QED) is 0.728. The molecule has 96 valence electrons. The third-order valence-electron chi connectivity index (χ3n) is 3.96. The van der Waals surface area contributed by atoms with Crippen LogP contribution in [-0.4, -0.2) is 29.7 Å². The molecule has 4 nitrogen and oxygen atoms in total. The molecule has 1 aromatic rings. The highest BCUT2D eigenvalue weighted by atomic mass is 16.3. The molecule has 1 saturated carbocycles. The van der Waals surface area contributed by atoms with Crippen molar-refractivity contribution in [1.29, 1.82) is 0 Å². The van der Waals surface area contributed by atoms with Gasteiger partial charge in [0.25, 0.3) is 0 Å². The zero-order chi connectivity index (χ0) is 12.6. The lowest BCUT2D eigenvalue weighted by Gasteiger charge is -2.27. The van der Waals surface area contributed by atoms with E-state index in [-0.39, 0.29) is 24.0 Å². The van der Waals surface area contributed by atoms with Gasteiger partial charge < -0.3 is 15.7 Å². The van der Waals surface area contributed by atoms with Crippen LogP contribution in [0.3, 0.4) is 0 Å². The van der Waals surface area contributed by atoms with E-state index < -0.39 is 0 Å². The van der Waals surface area contributed by atoms with Crippen LogP contribution in [0, 0.1) is 0 Å². The van der Waals surface area contributed by atoms with Crippen LogP contribution < -0.4 is 10.6 Å². The number of aliphatic hydroxyl groups excluding tert-OH is 1. The van der Waals surface area contributed by atoms with Crippen LogP contribution >= 0.6 is 0 Å². The minimum absolute atomic E-state index is 0.0289. The third-order valence-corrected chi connectivity index (χ3v) is 3.96. The monoisotopic (exact) mass is 246 g/mol. The molecule has 18 heavy (non-hydrogen) atoms. The lowest BCUT2D eigenvalue weighted by atomic mass is 9.90. The van der Waals surface area contributed by atoms with Gasteiger partial charge in [0.15, 0.2) is 0 Å². The van der Waals surface area contributed by atoms with Crippen molar-refractivity contribution >= 4 is 5.91 Å². The summed E-state index contributed by atoms with van der Waals surface area (Å²) in [6, 6.07) is 8.06. The van der Waals surface area contributed by atoms with Gasteiger partial charge in [-0.05, 0) is 24.0 Å². The summed E-state index contributed by atoms with van der Waals surface area (Å²) in [7, 11) is 0. The van der Waals surface area contributed by atoms with Gasteiger partial charge in [-0.1, -0.05) is 24.3 Å². The van der Waals surface area contributed by atoms with Gasteiger partial charge in [-0.2, -0.15) is 0 Å². The second kappa shape index (κ2) is 4.37. The number of rotatable bonds is 3. The highest BCUT2D eigenvalue weighted by Crippen LogP contribution is 2.35. The van der Waals surface area contributed by atoms with Gasteiger partial charge in [-0.15, -0.1) is 0 Å². The van der Waals surface area contributed by atoms with Crippen LogP contribution in [-0.2, 0) is 11.3 Å². The Morgan fingerprint density at radius 1 is 1.44 bits per heavy atom. The van der Waals surface area contributed by atoms with Crippen molar-refractivity contribution in [3.05, 3.63) is 35.4 Å². The maximum absolute atomic E-state index is 12.3. The number of fused-ring (bicyclic) bond motifs is 1. The molecule has 4 heteroatoms. The second-order valence-corrected chi connectivity index (χ2v) is 5.31. The third kappa shape index (κ3) is 2.02. The molecule has 1 aliphatic heterocycles. The molecular weight excluding hydrogens is 228 g/mol. The standard InChI is InChI=1S/C14H18N2O2/c17-9-14(5-6-14)16-13(18)12-8-15-7-10-3-1-2-4-11(10)12/h1-4,12,15,17H,5-9H2,(H,16,18). The van der Waals surface area contributed by atoms with Crippen LogP contribution in [0.4, 0.5) is 0 Å². The molecule has 1 aromatic carbocycles. The minimum atomic E-state index is -0.330. The van der Waals surface area contributed by atoms with Crippen molar-refractivity contribution in [2.75, 3.05) is 13.2 Å². The molecule has 1 fully saturated rings. The van der Waals surface area contributed by atoms with E-state index in [1.807, 2.05) is 18.2 Å². The molecular formula is C14H18N2O2. The zero-order valence-electron chi connectivity index (χ0n) is 10.3. The molecule has 1 heterocycles. The van der Waals surface area contributed by atoms with E-state index in [9.17, 15) is 9.90 Å². The molecule has 2 aliphatic rings. The largest absolute Gasteiger partial charge is 0.394 e. The number of nitrogens with one attached hydrogen (secondary N) is 2. The van der Waals surface area contributed by atoms with Crippen molar-refractivity contribution in [2.24, 2.45) is 0 Å². The molecule has 1 aliphatic carbocycles. The first-order valence-corrected chi connectivity index (χ1v) is 6.45. The maximum atomic E-state index is 12.3. The first kappa shape index (κ1) is 11.7. The Labute approximate surface area is 106 Å². The predicted molar refractivity (Wildman–Crippen MR) is 68.1 cm³/mol. The summed E-state index contributed by atoms with van der Waals surface area (Å²) in [5.74, 6) is -0.111. The van der Waals surface area contributed by atoms with E-state index in [2.05, 4.69) is 16.7 Å². The van der Waals surface area contributed by atoms with Crippen LogP contribution in [0.15, 0.2) is 24.3 Å². The summed E-state index contributed by atoms with van der Waals surface area (Å²) in [5.41, 5.74) is 1.98. The summed E-state index contributed by atoms with van der Waals surface area (Å²) in [6.45, 7) is 1.54. The smallest absolute Gasteiger partial charge is 0.229 e. The van der Waals surface area contributed by atoms with E-state index in [1.54, 1.807) is 0 Å². The highest BCUT2D eigenvalue weighted by Gasteiger charge is 2.44. The first-order chi connectivity index (χ1) is 8.74. The normalized spacial score (nSPS) is 24.2. The minimum Gasteiger partial charge on any atom is -0.394 e. The van der Waals surface area contributed by atoms with Gasteiger partial charge in [0.05, 0.1) is 18.1 Å². The molecule has 1 atom stereocenters. The Balaban J connectivity index is 1.79. The van der Waals surface area contributed by atoms with Crippen molar-refractivity contribution in [3.63, 3.8) is 0 Å². The number of hydrogen-bond donors (Lipinski definition) is 3. The fraction of sp³-hybridized carbons (Fsp3) is 0.500. The Bertz CT molecular complexity index is 469. The number of carbonyl (C=O) groups is 1. The van der Waals surface area contributed by atoms with Crippen molar-refractivity contribution in [2.45, 2.75) is 30.8 Å². The van der Waals surface area contributed by atoms with E-state index >= 15 is 0 Å². The Hall–Kier alpha value is -1.39. The van der Waals surface area contributed by atoms with E-state index in [0.717, 1.165) is 24.9 Å². The molecule has 1 amide bonds. The predicted octanol–water partition coefficient (Wildman–Crippen LogP) is 0.514. The Kier molecular flexibility index (Phi) is 2.84. The van der Waals surface area contributed by atoms with Crippen LogP contribution in [0.25, 0.3) is 0 Å². The van der Waals surface area contributed by atoms with Crippen molar-refractivity contribution in [3.8, 4) is 0 Å². The van der Waals surface area contributed by atoms with Gasteiger partial charge in [-0.3, -0.25) is 4.79 Å². The fourth-order valence-electron chi connectivity index (χ4n) is 2.55. The molecule has 0 radical (unpaired) electrons. The summed E-state index contributed by atoms with van der Waals surface area (Å²) in [6.07, 6.45) is 1.77. The van der Waals surface area contributed by atoms with Crippen molar-refractivity contribution in [1.82, 2.24) is 10.6 Å². The average Bonchev–Trinajstić information content (AvgIpc) is 3.18. The summed E-state index contributed by atoms with van der Waals surface area (Å²) in [4.78, 5) is 12.3. The highest BCUT2D eigenvalue weighted by molar-refractivity contribution is 5.85. The number of aliphatic hydroxyl groups is 1. The summed E-state index contributed by atoms with van der Waals surface area (Å²) >= 11 is 0. The molecule has 0 saturated heterocycles. The Morgan fingerprint density at radius 3 is 2.94 bits per heavy atom. The fourth-order valence-corrected chi connectivity index (χ4v) is 2.55. The number of benzene rings is 1. The summed E-state index contributed by atoms with van der Waals surface area (Å²) < 4.78 is 0. The van der Waals surface area contributed by atoms with Crippen LogP contribution in [0.2, 0.25) is 0 Å². The van der Waals surface area contributed by atoms with Gasteiger partial charge in [0.2, 0.25) is 5.91 Å². The summed E-state index contributed by atoms with van der Waals surface area (Å²) in [5, 5.41) is 15.5. The van der Waals surface area contributed by atoms with Crippen LogP contribution in [0.1, 0.15) is 29.9 Å². The van der Waals surface area contributed by atoms with E-state index in [4.69, 9.17) is 0 Å². The zero-order valence-corrected chi connectivity index (χ0v) is 10.3. The molecule has 0 aromatic heterocycles. The molecule has 3 N–H and O–H groups in total. The first-order valence-electron chi connectivity index (χ1n) is 6.45. The van der Waals surface area contributed by atoms with Crippen molar-refractivity contribution < 1.29 is 9.90 Å². The maximum Gasteiger partial charge on any atom is 0.229 e. The van der Waals surface area contributed by atoms with Gasteiger partial charge in [0, 0.05) is 13.1 Å². The second-order valence-electron chi connectivity index (χ2n) is 5.31. The van der Waals surface area contributed by atoms with E-state index in [0.29, 0.717) is 6.54 Å². The SMILES string of the molecule is O=C(NC1(CO)CC1)C1CNCc2ccccc21. The van der Waals surface area contributed by atoms with Gasteiger partial charge in [-0.25, -0.2) is 0 Å². The number of hydrogen-bond acceptors (Lipinski definition) is 3. The molecule has 3 rings (SSSR count). The average molecular weight is 246 g/mol. The Morgan fingerprint density at radius 2 is 2.22 bits per heavy atom. The van der Waals surface area contributed by atoms with Crippen LogP contribution in [0.5, 0.6) is 0 Å². The van der Waals surface area contributed by atoms with Gasteiger partial charge >= 0.3 is 0 Å². The number of carbonyl (C=O) groups excluding carboxylic acids is 1. The van der Waals surface area contributed by atoms with Gasteiger partial charge in [0.1, 0.15) is 0 Å². The molecule has 1 unspecified atom stereocenters. The lowest BCUT2D eigenvalue weighted by molar-refractivity contribution is -0.124. The van der Waals surface area contributed by atoms with E-state index in [1.165, 1.54) is 5.56 Å². The topological polar surface area (TPSA) is 61.4 Å². The molecule has 0 spiro atoms. The number of amides is 1. The molecule has 0 bridgehead atoms. The lowest BCUT2D eigenvalue weighted by Crippen LogP contribution is -2.45.